The third-order valence-electron chi connectivity index (χ3n) is 3.50. The second kappa shape index (κ2) is 5.36. The Morgan fingerprint density at radius 2 is 2.11 bits per heavy atom. The van der Waals surface area contributed by atoms with Crippen LogP contribution in [0, 0.1) is 0 Å². The first kappa shape index (κ1) is 14.1. The molecule has 1 fully saturated rings. The Labute approximate surface area is 113 Å². The van der Waals surface area contributed by atoms with Crippen molar-refractivity contribution < 1.29 is 13.5 Å². The van der Waals surface area contributed by atoms with E-state index in [1.807, 2.05) is 4.90 Å². The van der Waals surface area contributed by atoms with E-state index in [0.29, 0.717) is 5.69 Å². The second-order valence-electron chi connectivity index (χ2n) is 4.76. The van der Waals surface area contributed by atoms with E-state index in [9.17, 15) is 13.5 Å². The maximum atomic E-state index is 11.5. The molecule has 2 rings (SSSR count). The van der Waals surface area contributed by atoms with Gasteiger partial charge in [-0.1, -0.05) is 6.07 Å². The molecule has 1 atom stereocenters. The summed E-state index contributed by atoms with van der Waals surface area (Å²) in [6.45, 7) is 0.780. The molecular formula is C12H19N3O3S. The number of rotatable bonds is 3. The first-order chi connectivity index (χ1) is 8.95. The topological polar surface area (TPSA) is 110 Å². The number of nitrogen functional groups attached to an aromatic ring is 1. The molecule has 0 bridgehead atoms. The standard InChI is InChI=1S/C12H19N3O3S/c13-12-10(5-3-6-11(12)19(14,17)18)15-7-2-1-4-9(15)8-16/h3,5-6,9,16H,1-2,4,7-8,13H2,(H2,14,17,18). The van der Waals surface area contributed by atoms with Gasteiger partial charge in [0.2, 0.25) is 10.0 Å². The van der Waals surface area contributed by atoms with Crippen LogP contribution in [0.15, 0.2) is 23.1 Å². The fourth-order valence-electron chi connectivity index (χ4n) is 2.54. The average Bonchev–Trinajstić information content (AvgIpc) is 2.37. The van der Waals surface area contributed by atoms with Crippen LogP contribution in [0.25, 0.3) is 0 Å². The number of hydrogen-bond acceptors (Lipinski definition) is 5. The van der Waals surface area contributed by atoms with Crippen molar-refractivity contribution in [2.75, 3.05) is 23.8 Å². The summed E-state index contributed by atoms with van der Waals surface area (Å²) in [5, 5.41) is 14.6. The molecule has 0 saturated carbocycles. The maximum Gasteiger partial charge on any atom is 0.240 e. The Morgan fingerprint density at radius 1 is 1.37 bits per heavy atom. The lowest BCUT2D eigenvalue weighted by atomic mass is 10.0. The van der Waals surface area contributed by atoms with Crippen LogP contribution in [0.3, 0.4) is 0 Å². The summed E-state index contributed by atoms with van der Waals surface area (Å²) in [7, 11) is -3.83. The van der Waals surface area contributed by atoms with Crippen molar-refractivity contribution in [3.8, 4) is 0 Å². The van der Waals surface area contributed by atoms with E-state index in [0.717, 1.165) is 25.8 Å². The zero-order valence-corrected chi connectivity index (χ0v) is 11.4. The van der Waals surface area contributed by atoms with Gasteiger partial charge in [-0.3, -0.25) is 0 Å². The molecule has 5 N–H and O–H groups in total. The maximum absolute atomic E-state index is 11.5. The van der Waals surface area contributed by atoms with Crippen LogP contribution in [0.5, 0.6) is 0 Å². The Balaban J connectivity index is 2.45. The molecule has 7 heteroatoms. The van der Waals surface area contributed by atoms with Crippen LogP contribution in [-0.4, -0.2) is 32.7 Å². The van der Waals surface area contributed by atoms with Gasteiger partial charge in [-0.25, -0.2) is 13.6 Å². The molecule has 1 heterocycles. The quantitative estimate of drug-likeness (QED) is 0.690. The number of nitrogens with zero attached hydrogens (tertiary/aromatic N) is 1. The highest BCUT2D eigenvalue weighted by Gasteiger charge is 2.25. The van der Waals surface area contributed by atoms with Gasteiger partial charge >= 0.3 is 0 Å². The third kappa shape index (κ3) is 2.83. The molecule has 1 aliphatic rings. The van der Waals surface area contributed by atoms with E-state index in [1.54, 1.807) is 12.1 Å². The predicted octanol–water partition coefficient (Wildman–Crippen LogP) is 0.267. The number of anilines is 2. The van der Waals surface area contributed by atoms with Gasteiger partial charge in [-0.15, -0.1) is 0 Å². The summed E-state index contributed by atoms with van der Waals surface area (Å²) >= 11 is 0. The zero-order chi connectivity index (χ0) is 14.0. The van der Waals surface area contributed by atoms with Gasteiger partial charge in [-0.2, -0.15) is 0 Å². The second-order valence-corrected chi connectivity index (χ2v) is 6.29. The average molecular weight is 285 g/mol. The monoisotopic (exact) mass is 285 g/mol. The Morgan fingerprint density at radius 3 is 2.74 bits per heavy atom. The van der Waals surface area contributed by atoms with Gasteiger partial charge in [0.25, 0.3) is 0 Å². The molecule has 0 radical (unpaired) electrons. The van der Waals surface area contributed by atoms with E-state index < -0.39 is 10.0 Å². The zero-order valence-electron chi connectivity index (χ0n) is 10.6. The van der Waals surface area contributed by atoms with Gasteiger partial charge in [0.05, 0.1) is 24.0 Å². The molecule has 1 aromatic rings. The van der Waals surface area contributed by atoms with Crippen LogP contribution in [0.2, 0.25) is 0 Å². The molecule has 1 unspecified atom stereocenters. The van der Waals surface area contributed by atoms with Crippen molar-refractivity contribution in [3.05, 3.63) is 18.2 Å². The van der Waals surface area contributed by atoms with Gasteiger partial charge in [-0.05, 0) is 31.4 Å². The summed E-state index contributed by atoms with van der Waals surface area (Å²) in [4.78, 5) is 1.90. The molecule has 0 spiro atoms. The Hall–Kier alpha value is -1.31. The van der Waals surface area contributed by atoms with E-state index in [2.05, 4.69) is 0 Å². The highest BCUT2D eigenvalue weighted by molar-refractivity contribution is 7.89. The summed E-state index contributed by atoms with van der Waals surface area (Å²) in [6.07, 6.45) is 2.92. The molecule has 1 saturated heterocycles. The first-order valence-corrected chi connectivity index (χ1v) is 7.78. The molecule has 106 valence electrons. The number of para-hydroxylation sites is 1. The van der Waals surface area contributed by atoms with E-state index >= 15 is 0 Å². The largest absolute Gasteiger partial charge is 0.396 e. The van der Waals surface area contributed by atoms with Crippen molar-refractivity contribution in [1.29, 1.82) is 0 Å². The van der Waals surface area contributed by atoms with E-state index in [-0.39, 0.29) is 23.2 Å². The molecule has 1 aromatic carbocycles. The Bertz CT molecular complexity index is 559. The fraction of sp³-hybridized carbons (Fsp3) is 0.500. The van der Waals surface area contributed by atoms with Crippen LogP contribution in [0.4, 0.5) is 11.4 Å². The van der Waals surface area contributed by atoms with Crippen molar-refractivity contribution in [3.63, 3.8) is 0 Å². The molecule has 0 aromatic heterocycles. The number of hydrogen-bond donors (Lipinski definition) is 3. The number of piperidine rings is 1. The lowest BCUT2D eigenvalue weighted by molar-refractivity contribution is 0.240. The number of aliphatic hydroxyl groups is 1. The highest BCUT2D eigenvalue weighted by Crippen LogP contribution is 2.33. The fourth-order valence-corrected chi connectivity index (χ4v) is 3.22. The van der Waals surface area contributed by atoms with E-state index in [4.69, 9.17) is 10.9 Å². The molecular weight excluding hydrogens is 266 g/mol. The number of benzene rings is 1. The van der Waals surface area contributed by atoms with Gasteiger partial charge in [0.1, 0.15) is 4.90 Å². The lowest BCUT2D eigenvalue weighted by Gasteiger charge is -2.37. The van der Waals surface area contributed by atoms with E-state index in [1.165, 1.54) is 6.07 Å². The van der Waals surface area contributed by atoms with Crippen molar-refractivity contribution in [2.45, 2.75) is 30.2 Å². The number of sulfonamides is 1. The smallest absolute Gasteiger partial charge is 0.240 e. The van der Waals surface area contributed by atoms with Gasteiger partial charge in [0, 0.05) is 6.54 Å². The minimum absolute atomic E-state index is 0.0215. The highest BCUT2D eigenvalue weighted by atomic mass is 32.2. The van der Waals surface area contributed by atoms with Crippen molar-refractivity contribution in [2.24, 2.45) is 5.14 Å². The number of aliphatic hydroxyl groups excluding tert-OH is 1. The Kier molecular flexibility index (Phi) is 3.98. The van der Waals surface area contributed by atoms with Crippen LogP contribution in [-0.2, 0) is 10.0 Å². The predicted molar refractivity (Wildman–Crippen MR) is 74.3 cm³/mol. The summed E-state index contributed by atoms with van der Waals surface area (Å²) in [6, 6.07) is 4.75. The SMILES string of the molecule is Nc1c(N2CCCCC2CO)cccc1S(N)(=O)=O. The summed E-state index contributed by atoms with van der Waals surface area (Å²) in [5.41, 5.74) is 6.72. The molecule has 1 aliphatic heterocycles. The summed E-state index contributed by atoms with van der Waals surface area (Å²) < 4.78 is 22.9. The van der Waals surface area contributed by atoms with Crippen LogP contribution < -0.4 is 15.8 Å². The molecule has 19 heavy (non-hydrogen) atoms. The lowest BCUT2D eigenvalue weighted by Crippen LogP contribution is -2.42. The molecule has 6 nitrogen and oxygen atoms in total. The third-order valence-corrected chi connectivity index (χ3v) is 4.47. The minimum atomic E-state index is -3.83. The van der Waals surface area contributed by atoms with Crippen LogP contribution >= 0.6 is 0 Å². The van der Waals surface area contributed by atoms with Gasteiger partial charge < -0.3 is 15.7 Å². The minimum Gasteiger partial charge on any atom is -0.396 e. The summed E-state index contributed by atoms with van der Waals surface area (Å²) in [5.74, 6) is 0. The number of nitrogens with two attached hydrogens (primary N) is 2. The van der Waals surface area contributed by atoms with Crippen molar-refractivity contribution >= 4 is 21.4 Å². The van der Waals surface area contributed by atoms with Crippen molar-refractivity contribution in [1.82, 2.24) is 0 Å². The van der Waals surface area contributed by atoms with Crippen LogP contribution in [0.1, 0.15) is 19.3 Å². The molecule has 0 amide bonds. The number of primary sulfonamides is 1. The normalized spacial score (nSPS) is 20.5. The van der Waals surface area contributed by atoms with Gasteiger partial charge in [0.15, 0.2) is 0 Å². The first-order valence-electron chi connectivity index (χ1n) is 6.24. The molecule has 0 aliphatic carbocycles.